The minimum absolute atomic E-state index is 0.0544. The SMILES string of the molecule is Cc1nc(Br)cnc1O[C@H]1C[C@@H]2CC[C@]1(C(C)(C)C)N2. The van der Waals surface area contributed by atoms with Gasteiger partial charge in [-0.25, -0.2) is 9.97 Å². The van der Waals surface area contributed by atoms with Gasteiger partial charge in [0.1, 0.15) is 16.4 Å². The highest BCUT2D eigenvalue weighted by molar-refractivity contribution is 9.10. The summed E-state index contributed by atoms with van der Waals surface area (Å²) in [7, 11) is 0. The summed E-state index contributed by atoms with van der Waals surface area (Å²) in [4.78, 5) is 8.75. The molecule has 2 aliphatic rings. The molecule has 3 heterocycles. The number of halogens is 1. The van der Waals surface area contributed by atoms with E-state index in [9.17, 15) is 0 Å². The number of hydrogen-bond donors (Lipinski definition) is 1. The molecule has 0 radical (unpaired) electrons. The van der Waals surface area contributed by atoms with Crippen LogP contribution in [-0.4, -0.2) is 27.7 Å². The summed E-state index contributed by atoms with van der Waals surface area (Å²) in [6.07, 6.45) is 5.37. The maximum absolute atomic E-state index is 6.27. The molecule has 20 heavy (non-hydrogen) atoms. The Bertz CT molecular complexity index is 528. The van der Waals surface area contributed by atoms with Gasteiger partial charge in [-0.1, -0.05) is 20.8 Å². The fourth-order valence-electron chi connectivity index (χ4n) is 3.72. The Kier molecular flexibility index (Phi) is 3.33. The molecule has 0 saturated carbocycles. The summed E-state index contributed by atoms with van der Waals surface area (Å²) in [6.45, 7) is 8.83. The first-order valence-corrected chi connectivity index (χ1v) is 8.05. The Labute approximate surface area is 128 Å². The first-order valence-electron chi connectivity index (χ1n) is 7.25. The zero-order valence-corrected chi connectivity index (χ0v) is 14.1. The van der Waals surface area contributed by atoms with E-state index in [0.29, 0.717) is 11.9 Å². The first-order chi connectivity index (χ1) is 9.32. The minimum atomic E-state index is 0.0544. The van der Waals surface area contributed by atoms with Gasteiger partial charge in [0, 0.05) is 12.5 Å². The number of rotatable bonds is 2. The number of hydrogen-bond acceptors (Lipinski definition) is 4. The summed E-state index contributed by atoms with van der Waals surface area (Å²) in [5, 5.41) is 3.80. The smallest absolute Gasteiger partial charge is 0.235 e. The van der Waals surface area contributed by atoms with Crippen LogP contribution in [0.25, 0.3) is 0 Å². The lowest BCUT2D eigenvalue weighted by molar-refractivity contribution is 0.0318. The van der Waals surface area contributed by atoms with Crippen molar-refractivity contribution in [2.45, 2.75) is 64.6 Å². The van der Waals surface area contributed by atoms with Crippen molar-refractivity contribution in [2.75, 3.05) is 0 Å². The van der Waals surface area contributed by atoms with Crippen molar-refractivity contribution in [1.29, 1.82) is 0 Å². The van der Waals surface area contributed by atoms with Gasteiger partial charge in [0.15, 0.2) is 0 Å². The van der Waals surface area contributed by atoms with Crippen molar-refractivity contribution in [3.05, 3.63) is 16.5 Å². The Morgan fingerprint density at radius 1 is 1.45 bits per heavy atom. The second kappa shape index (κ2) is 4.67. The average molecular weight is 340 g/mol. The quantitative estimate of drug-likeness (QED) is 0.898. The number of fused-ring (bicyclic) bond motifs is 2. The molecule has 5 heteroatoms. The zero-order chi connectivity index (χ0) is 14.5. The van der Waals surface area contributed by atoms with Crippen molar-refractivity contribution >= 4 is 15.9 Å². The summed E-state index contributed by atoms with van der Waals surface area (Å²) in [6, 6.07) is 0.586. The Morgan fingerprint density at radius 3 is 2.80 bits per heavy atom. The summed E-state index contributed by atoms with van der Waals surface area (Å²) in [5.74, 6) is 0.663. The third-order valence-electron chi connectivity index (χ3n) is 4.86. The van der Waals surface area contributed by atoms with Crippen LogP contribution in [0.1, 0.15) is 45.7 Å². The van der Waals surface area contributed by atoms with Crippen LogP contribution in [0.4, 0.5) is 0 Å². The highest BCUT2D eigenvalue weighted by Crippen LogP contribution is 2.49. The summed E-state index contributed by atoms with van der Waals surface area (Å²) >= 11 is 3.34. The van der Waals surface area contributed by atoms with Crippen LogP contribution in [0.5, 0.6) is 5.88 Å². The molecule has 0 unspecified atom stereocenters. The van der Waals surface area contributed by atoms with Crippen LogP contribution in [0, 0.1) is 12.3 Å². The van der Waals surface area contributed by atoms with E-state index in [1.807, 2.05) is 6.92 Å². The van der Waals surface area contributed by atoms with Crippen LogP contribution in [0.2, 0.25) is 0 Å². The van der Waals surface area contributed by atoms with Crippen molar-refractivity contribution in [2.24, 2.45) is 5.41 Å². The molecule has 1 aromatic heterocycles. The average Bonchev–Trinajstić information content (AvgIpc) is 2.91. The van der Waals surface area contributed by atoms with Gasteiger partial charge < -0.3 is 10.1 Å². The fourth-order valence-corrected chi connectivity index (χ4v) is 4.08. The minimum Gasteiger partial charge on any atom is -0.471 e. The molecule has 0 spiro atoms. The Morgan fingerprint density at radius 2 is 2.20 bits per heavy atom. The highest BCUT2D eigenvalue weighted by atomic mass is 79.9. The van der Waals surface area contributed by atoms with Gasteiger partial charge in [-0.2, -0.15) is 0 Å². The van der Waals surface area contributed by atoms with Crippen LogP contribution in [0.15, 0.2) is 10.8 Å². The molecule has 0 amide bonds. The lowest BCUT2D eigenvalue weighted by atomic mass is 9.68. The molecule has 2 fully saturated rings. The number of aromatic nitrogens is 2. The Balaban J connectivity index is 1.87. The lowest BCUT2D eigenvalue weighted by Gasteiger charge is -2.44. The summed E-state index contributed by atoms with van der Waals surface area (Å²) in [5.41, 5.74) is 1.06. The van der Waals surface area contributed by atoms with Gasteiger partial charge >= 0.3 is 0 Å². The fraction of sp³-hybridized carbons (Fsp3) is 0.733. The number of nitrogens with one attached hydrogen (secondary N) is 1. The molecule has 1 aromatic rings. The lowest BCUT2D eigenvalue weighted by Crippen LogP contribution is -2.57. The second-order valence-electron chi connectivity index (χ2n) is 7.03. The molecular formula is C15H22BrN3O. The van der Waals surface area contributed by atoms with E-state index in [1.54, 1.807) is 6.20 Å². The van der Waals surface area contributed by atoms with Crippen LogP contribution in [-0.2, 0) is 0 Å². The van der Waals surface area contributed by atoms with Crippen molar-refractivity contribution < 1.29 is 4.74 Å². The van der Waals surface area contributed by atoms with Crippen LogP contribution in [0.3, 0.4) is 0 Å². The topological polar surface area (TPSA) is 47.0 Å². The molecule has 2 bridgehead atoms. The standard InChI is InChI=1S/C15H22BrN3O/c1-9-13(17-8-12(16)18-9)20-11-7-10-5-6-15(11,19-10)14(2,3)4/h8,10-11,19H,5-7H2,1-4H3/t10-,11-,15-/m0/s1. The Hall–Kier alpha value is -0.680. The molecular weight excluding hydrogens is 318 g/mol. The predicted molar refractivity (Wildman–Crippen MR) is 81.8 cm³/mol. The van der Waals surface area contributed by atoms with E-state index >= 15 is 0 Å². The molecule has 3 atom stereocenters. The largest absolute Gasteiger partial charge is 0.471 e. The number of aryl methyl sites for hydroxylation is 1. The third-order valence-corrected chi connectivity index (χ3v) is 5.24. The van der Waals surface area contributed by atoms with Crippen LogP contribution < -0.4 is 10.1 Å². The van der Waals surface area contributed by atoms with Gasteiger partial charge in [0.25, 0.3) is 0 Å². The molecule has 1 N–H and O–H groups in total. The van der Waals surface area contributed by atoms with Gasteiger partial charge in [-0.3, -0.25) is 0 Å². The van der Waals surface area contributed by atoms with E-state index in [4.69, 9.17) is 4.74 Å². The van der Waals surface area contributed by atoms with Gasteiger partial charge in [0.05, 0.1) is 11.7 Å². The number of nitrogens with zero attached hydrogens (tertiary/aromatic N) is 2. The summed E-state index contributed by atoms with van der Waals surface area (Å²) < 4.78 is 7.02. The molecule has 0 aromatic carbocycles. The van der Waals surface area contributed by atoms with Crippen molar-refractivity contribution in [3.63, 3.8) is 0 Å². The first kappa shape index (κ1) is 14.3. The van der Waals surface area contributed by atoms with E-state index in [1.165, 1.54) is 12.8 Å². The molecule has 3 rings (SSSR count). The van der Waals surface area contributed by atoms with E-state index < -0.39 is 0 Å². The maximum atomic E-state index is 6.27. The van der Waals surface area contributed by atoms with E-state index in [0.717, 1.165) is 16.7 Å². The van der Waals surface area contributed by atoms with Gasteiger partial charge in [-0.05, 0) is 41.1 Å². The zero-order valence-electron chi connectivity index (χ0n) is 12.5. The second-order valence-corrected chi connectivity index (χ2v) is 7.84. The third kappa shape index (κ3) is 2.15. The molecule has 2 saturated heterocycles. The van der Waals surface area contributed by atoms with Crippen LogP contribution >= 0.6 is 15.9 Å². The maximum Gasteiger partial charge on any atom is 0.235 e. The predicted octanol–water partition coefficient (Wildman–Crippen LogP) is 3.24. The van der Waals surface area contributed by atoms with Gasteiger partial charge in [0.2, 0.25) is 5.88 Å². The van der Waals surface area contributed by atoms with Gasteiger partial charge in [-0.15, -0.1) is 0 Å². The monoisotopic (exact) mass is 339 g/mol. The molecule has 110 valence electrons. The van der Waals surface area contributed by atoms with Crippen molar-refractivity contribution in [3.8, 4) is 5.88 Å². The van der Waals surface area contributed by atoms with E-state index in [2.05, 4.69) is 52.0 Å². The molecule has 4 nitrogen and oxygen atoms in total. The number of ether oxygens (including phenoxy) is 1. The molecule has 2 aliphatic heterocycles. The van der Waals surface area contributed by atoms with Crippen molar-refractivity contribution in [1.82, 2.24) is 15.3 Å². The van der Waals surface area contributed by atoms with E-state index in [-0.39, 0.29) is 17.1 Å². The normalized spacial score (nSPS) is 32.6. The molecule has 0 aliphatic carbocycles. The highest BCUT2D eigenvalue weighted by Gasteiger charge is 2.59.